The van der Waals surface area contributed by atoms with Crippen molar-refractivity contribution < 1.29 is 12.8 Å². The highest BCUT2D eigenvalue weighted by molar-refractivity contribution is 7.92. The molecule has 0 radical (unpaired) electrons. The maximum Gasteiger partial charge on any atom is 0.264 e. The van der Waals surface area contributed by atoms with E-state index in [1.807, 2.05) is 0 Å². The molecule has 2 aromatic rings. The Kier molecular flexibility index (Phi) is 3.35. The first kappa shape index (κ1) is 12.8. The van der Waals surface area contributed by atoms with Crippen LogP contribution in [-0.4, -0.2) is 23.6 Å². The molecule has 0 aliphatic heterocycles. The van der Waals surface area contributed by atoms with Crippen LogP contribution in [0.2, 0.25) is 0 Å². The Morgan fingerprint density at radius 1 is 1.32 bits per heavy atom. The predicted octanol–water partition coefficient (Wildman–Crippen LogP) is 0.683. The SMILES string of the molecule is N#Cc1cc(S(=O)(=O)Nc2nccnn2)ccc1F. The number of nitriles is 1. The number of aromatic nitrogens is 3. The van der Waals surface area contributed by atoms with E-state index in [0.717, 1.165) is 18.2 Å². The molecule has 0 bridgehead atoms. The van der Waals surface area contributed by atoms with Crippen molar-refractivity contribution >= 4 is 16.0 Å². The number of halogens is 1. The Labute approximate surface area is 107 Å². The van der Waals surface area contributed by atoms with Crippen LogP contribution in [0.5, 0.6) is 0 Å². The first-order chi connectivity index (χ1) is 9.03. The highest BCUT2D eigenvalue weighted by Gasteiger charge is 2.17. The summed E-state index contributed by atoms with van der Waals surface area (Å²) in [7, 11) is -4.00. The van der Waals surface area contributed by atoms with Crippen molar-refractivity contribution in [2.45, 2.75) is 4.90 Å². The molecule has 1 aromatic carbocycles. The molecule has 9 heteroatoms. The Balaban J connectivity index is 2.38. The second kappa shape index (κ2) is 4.95. The Hall–Kier alpha value is -2.60. The lowest BCUT2D eigenvalue weighted by Gasteiger charge is -2.06. The molecule has 2 rings (SSSR count). The van der Waals surface area contributed by atoms with Crippen LogP contribution in [0, 0.1) is 17.1 Å². The fourth-order valence-electron chi connectivity index (χ4n) is 1.23. The standard InChI is InChI=1S/C10H6FN5O2S/c11-9-2-1-8(5-7(9)6-12)19(17,18)16-10-13-3-4-14-15-10/h1-5H,(H,13,15,16). The van der Waals surface area contributed by atoms with Gasteiger partial charge in [-0.05, 0) is 18.2 Å². The van der Waals surface area contributed by atoms with Gasteiger partial charge in [0.25, 0.3) is 16.0 Å². The average Bonchev–Trinajstić information content (AvgIpc) is 2.39. The van der Waals surface area contributed by atoms with Crippen molar-refractivity contribution in [1.82, 2.24) is 15.2 Å². The van der Waals surface area contributed by atoms with E-state index in [1.165, 1.54) is 12.4 Å². The molecule has 1 N–H and O–H groups in total. The number of nitrogens with one attached hydrogen (secondary N) is 1. The van der Waals surface area contributed by atoms with Gasteiger partial charge >= 0.3 is 0 Å². The minimum Gasteiger partial charge on any atom is -0.246 e. The van der Waals surface area contributed by atoms with Crippen LogP contribution in [0.15, 0.2) is 35.5 Å². The summed E-state index contributed by atoms with van der Waals surface area (Å²) >= 11 is 0. The van der Waals surface area contributed by atoms with Crippen LogP contribution >= 0.6 is 0 Å². The summed E-state index contributed by atoms with van der Waals surface area (Å²) in [4.78, 5) is 3.38. The zero-order chi connectivity index (χ0) is 13.9. The van der Waals surface area contributed by atoms with Gasteiger partial charge in [-0.3, -0.25) is 0 Å². The predicted molar refractivity (Wildman–Crippen MR) is 61.8 cm³/mol. The van der Waals surface area contributed by atoms with Gasteiger partial charge in [-0.1, -0.05) is 0 Å². The average molecular weight is 279 g/mol. The maximum absolute atomic E-state index is 13.1. The van der Waals surface area contributed by atoms with E-state index in [2.05, 4.69) is 19.9 Å². The largest absolute Gasteiger partial charge is 0.264 e. The summed E-state index contributed by atoms with van der Waals surface area (Å²) in [5, 5.41) is 15.6. The lowest BCUT2D eigenvalue weighted by Crippen LogP contribution is -2.15. The summed E-state index contributed by atoms with van der Waals surface area (Å²) < 4.78 is 39.0. The van der Waals surface area contributed by atoms with E-state index in [4.69, 9.17) is 5.26 Å². The van der Waals surface area contributed by atoms with Gasteiger partial charge in [0.15, 0.2) is 0 Å². The van der Waals surface area contributed by atoms with E-state index in [-0.39, 0.29) is 16.4 Å². The van der Waals surface area contributed by atoms with Crippen LogP contribution in [-0.2, 0) is 10.0 Å². The van der Waals surface area contributed by atoms with Crippen molar-refractivity contribution in [3.63, 3.8) is 0 Å². The van der Waals surface area contributed by atoms with Gasteiger partial charge < -0.3 is 0 Å². The maximum atomic E-state index is 13.1. The Morgan fingerprint density at radius 2 is 2.11 bits per heavy atom. The third-order valence-corrected chi connectivity index (χ3v) is 3.40. The third-order valence-electron chi connectivity index (χ3n) is 2.08. The molecule has 0 amide bonds. The fourth-order valence-corrected chi connectivity index (χ4v) is 2.20. The minimum atomic E-state index is -4.00. The van der Waals surface area contributed by atoms with Gasteiger partial charge in [0.05, 0.1) is 22.9 Å². The molecular weight excluding hydrogens is 273 g/mol. The number of rotatable bonds is 3. The monoisotopic (exact) mass is 279 g/mol. The highest BCUT2D eigenvalue weighted by Crippen LogP contribution is 2.16. The summed E-state index contributed by atoms with van der Waals surface area (Å²) in [6.45, 7) is 0. The first-order valence-corrected chi connectivity index (χ1v) is 6.37. The topological polar surface area (TPSA) is 109 Å². The second-order valence-electron chi connectivity index (χ2n) is 3.33. The molecule has 0 saturated heterocycles. The summed E-state index contributed by atoms with van der Waals surface area (Å²) in [5.41, 5.74) is -0.366. The van der Waals surface area contributed by atoms with Crippen molar-refractivity contribution in [3.05, 3.63) is 42.0 Å². The minimum absolute atomic E-state index is 0.217. The molecule has 0 fully saturated rings. The van der Waals surface area contributed by atoms with Crippen LogP contribution in [0.1, 0.15) is 5.56 Å². The third kappa shape index (κ3) is 2.80. The van der Waals surface area contributed by atoms with Crippen LogP contribution < -0.4 is 4.72 Å². The molecule has 0 atom stereocenters. The molecule has 0 saturated carbocycles. The van der Waals surface area contributed by atoms with E-state index in [0.29, 0.717) is 0 Å². The number of sulfonamides is 1. The lowest BCUT2D eigenvalue weighted by atomic mass is 10.2. The zero-order valence-corrected chi connectivity index (χ0v) is 10.1. The normalized spacial score (nSPS) is 10.7. The molecule has 0 unspecified atom stereocenters. The van der Waals surface area contributed by atoms with Crippen LogP contribution in [0.3, 0.4) is 0 Å². The first-order valence-electron chi connectivity index (χ1n) is 4.89. The number of anilines is 1. The quantitative estimate of drug-likeness (QED) is 0.885. The summed E-state index contributed by atoms with van der Waals surface area (Å²) in [5.74, 6) is -1.01. The number of hydrogen-bond donors (Lipinski definition) is 1. The van der Waals surface area contributed by atoms with Gasteiger partial charge in [0.2, 0.25) is 0 Å². The van der Waals surface area contributed by atoms with Crippen LogP contribution in [0.4, 0.5) is 10.3 Å². The van der Waals surface area contributed by atoms with Gasteiger partial charge in [0, 0.05) is 0 Å². The smallest absolute Gasteiger partial charge is 0.246 e. The van der Waals surface area contributed by atoms with Gasteiger partial charge in [-0.25, -0.2) is 22.5 Å². The lowest BCUT2D eigenvalue weighted by molar-refractivity contribution is 0.598. The van der Waals surface area contributed by atoms with Crippen molar-refractivity contribution in [1.29, 1.82) is 5.26 Å². The molecule has 0 spiro atoms. The van der Waals surface area contributed by atoms with E-state index in [9.17, 15) is 12.8 Å². The number of benzene rings is 1. The fraction of sp³-hybridized carbons (Fsp3) is 0. The van der Waals surface area contributed by atoms with E-state index >= 15 is 0 Å². The number of nitrogens with zero attached hydrogens (tertiary/aromatic N) is 4. The summed E-state index contributed by atoms with van der Waals surface area (Å²) in [6.07, 6.45) is 2.54. The molecule has 96 valence electrons. The highest BCUT2D eigenvalue weighted by atomic mass is 32.2. The number of hydrogen-bond acceptors (Lipinski definition) is 6. The molecule has 0 aliphatic carbocycles. The second-order valence-corrected chi connectivity index (χ2v) is 5.01. The molecule has 19 heavy (non-hydrogen) atoms. The van der Waals surface area contributed by atoms with Crippen molar-refractivity contribution in [3.8, 4) is 6.07 Å². The molecule has 0 aliphatic rings. The molecule has 1 heterocycles. The van der Waals surface area contributed by atoms with E-state index < -0.39 is 15.8 Å². The van der Waals surface area contributed by atoms with Crippen molar-refractivity contribution in [2.75, 3.05) is 4.72 Å². The zero-order valence-electron chi connectivity index (χ0n) is 9.28. The van der Waals surface area contributed by atoms with Gasteiger partial charge in [-0.15, -0.1) is 5.10 Å². The molecule has 7 nitrogen and oxygen atoms in total. The van der Waals surface area contributed by atoms with E-state index in [1.54, 1.807) is 6.07 Å². The van der Waals surface area contributed by atoms with Gasteiger partial charge in [-0.2, -0.15) is 10.4 Å². The Morgan fingerprint density at radius 3 is 2.74 bits per heavy atom. The van der Waals surface area contributed by atoms with Gasteiger partial charge in [0.1, 0.15) is 11.9 Å². The Bertz CT molecular complexity index is 742. The van der Waals surface area contributed by atoms with Crippen LogP contribution in [0.25, 0.3) is 0 Å². The summed E-state index contributed by atoms with van der Waals surface area (Å²) in [6, 6.07) is 4.42. The molecular formula is C10H6FN5O2S. The molecule has 1 aromatic heterocycles. The van der Waals surface area contributed by atoms with Crippen molar-refractivity contribution in [2.24, 2.45) is 0 Å².